The molecule has 3 aromatic carbocycles. The highest BCUT2D eigenvalue weighted by Crippen LogP contribution is 2.21. The zero-order chi connectivity index (χ0) is 23.4. The van der Waals surface area contributed by atoms with Gasteiger partial charge in [-0.2, -0.15) is 5.10 Å². The molecule has 33 heavy (non-hydrogen) atoms. The number of benzene rings is 3. The van der Waals surface area contributed by atoms with Crippen LogP contribution < -0.4 is 15.6 Å². The largest absolute Gasteiger partial charge is 0.463 e. The minimum atomic E-state index is -3.96. The number of nitrogens with one attached hydrogen (secondary N) is 2. The molecule has 2 N–H and O–H groups in total. The summed E-state index contributed by atoms with van der Waals surface area (Å²) in [6.07, 6.45) is 2.41. The first-order chi connectivity index (χ1) is 15.8. The average Bonchev–Trinajstić information content (AvgIpc) is 2.81. The van der Waals surface area contributed by atoms with E-state index in [2.05, 4.69) is 15.2 Å². The zero-order valence-electron chi connectivity index (χ0n) is 16.9. The van der Waals surface area contributed by atoms with Gasteiger partial charge in [0.15, 0.2) is 0 Å². The Bertz CT molecular complexity index is 1530. The molecule has 0 fully saturated rings. The molecule has 0 saturated heterocycles. The van der Waals surface area contributed by atoms with Crippen LogP contribution in [0.1, 0.15) is 15.9 Å². The van der Waals surface area contributed by atoms with Crippen LogP contribution in [0.4, 0.5) is 5.69 Å². The van der Waals surface area contributed by atoms with E-state index in [-0.39, 0.29) is 27.1 Å². The second-order valence-corrected chi connectivity index (χ2v) is 8.94. The summed E-state index contributed by atoms with van der Waals surface area (Å²) in [5.41, 5.74) is 2.67. The smallest absolute Gasteiger partial charge is 0.273 e. The van der Waals surface area contributed by atoms with Gasteiger partial charge >= 0.3 is 0 Å². The summed E-state index contributed by atoms with van der Waals surface area (Å²) < 4.78 is 33.1. The first kappa shape index (κ1) is 22.3. The van der Waals surface area contributed by atoms with Gasteiger partial charge in [-0.05, 0) is 48.5 Å². The van der Waals surface area contributed by atoms with Crippen LogP contribution in [0.25, 0.3) is 11.0 Å². The number of hydrazone groups is 1. The lowest BCUT2D eigenvalue weighted by atomic mass is 10.2. The molecule has 1 heterocycles. The van der Waals surface area contributed by atoms with Crippen molar-refractivity contribution >= 4 is 50.4 Å². The van der Waals surface area contributed by atoms with Crippen LogP contribution >= 0.6 is 11.6 Å². The van der Waals surface area contributed by atoms with Gasteiger partial charge in [-0.25, -0.2) is 13.8 Å². The van der Waals surface area contributed by atoms with E-state index < -0.39 is 15.9 Å². The van der Waals surface area contributed by atoms with Crippen LogP contribution in [0.15, 0.2) is 98.3 Å². The third-order valence-electron chi connectivity index (χ3n) is 4.62. The maximum Gasteiger partial charge on any atom is 0.273 e. The van der Waals surface area contributed by atoms with E-state index in [1.165, 1.54) is 42.7 Å². The van der Waals surface area contributed by atoms with Crippen LogP contribution in [0, 0.1) is 0 Å². The van der Waals surface area contributed by atoms with Crippen molar-refractivity contribution in [3.8, 4) is 0 Å². The van der Waals surface area contributed by atoms with Gasteiger partial charge < -0.3 is 4.42 Å². The molecule has 1 aromatic heterocycles. The Balaban J connectivity index is 1.53. The molecule has 0 bridgehead atoms. The van der Waals surface area contributed by atoms with Crippen molar-refractivity contribution in [1.82, 2.24) is 5.43 Å². The monoisotopic (exact) mass is 481 g/mol. The summed E-state index contributed by atoms with van der Waals surface area (Å²) in [5.74, 6) is -0.675. The standard InChI is InChI=1S/C23H16ClN3O5S/c24-16-9-11-17(12-10-16)33(30,31)27-20-7-3-1-5-18(20)23(29)26-25-13-15-14-32-21-8-4-2-6-19(21)22(15)28/h1-14,27H,(H,26,29)/b25-13+. The highest BCUT2D eigenvalue weighted by molar-refractivity contribution is 7.92. The van der Waals surface area contributed by atoms with Crippen molar-refractivity contribution in [3.63, 3.8) is 0 Å². The number of amides is 1. The summed E-state index contributed by atoms with van der Waals surface area (Å²) in [5, 5.41) is 4.59. The van der Waals surface area contributed by atoms with Gasteiger partial charge in [-0.1, -0.05) is 35.9 Å². The number of fused-ring (bicyclic) bond motifs is 1. The fraction of sp³-hybridized carbons (Fsp3) is 0. The lowest BCUT2D eigenvalue weighted by molar-refractivity contribution is 0.0956. The molecular formula is C23H16ClN3O5S. The number of hydrogen-bond donors (Lipinski definition) is 2. The molecule has 1 amide bonds. The molecule has 0 aliphatic carbocycles. The van der Waals surface area contributed by atoms with Gasteiger partial charge in [0.2, 0.25) is 5.43 Å². The predicted octanol–water partition coefficient (Wildman–Crippen LogP) is 4.01. The molecule has 0 saturated carbocycles. The van der Waals surface area contributed by atoms with E-state index >= 15 is 0 Å². The van der Waals surface area contributed by atoms with Crippen molar-refractivity contribution in [1.29, 1.82) is 0 Å². The molecule has 166 valence electrons. The van der Waals surface area contributed by atoms with E-state index in [4.69, 9.17) is 16.0 Å². The minimum Gasteiger partial charge on any atom is -0.463 e. The third-order valence-corrected chi connectivity index (χ3v) is 6.25. The Kier molecular flexibility index (Phi) is 6.25. The number of anilines is 1. The van der Waals surface area contributed by atoms with E-state index in [1.807, 2.05) is 0 Å². The highest BCUT2D eigenvalue weighted by Gasteiger charge is 2.18. The Hall–Kier alpha value is -3.95. The maximum atomic E-state index is 12.7. The van der Waals surface area contributed by atoms with Gasteiger partial charge in [-0.3, -0.25) is 14.3 Å². The summed E-state index contributed by atoms with van der Waals surface area (Å²) >= 11 is 5.81. The van der Waals surface area contributed by atoms with Gasteiger partial charge in [0.1, 0.15) is 11.8 Å². The Morgan fingerprint density at radius 3 is 2.45 bits per heavy atom. The molecule has 0 atom stereocenters. The van der Waals surface area contributed by atoms with E-state index in [9.17, 15) is 18.0 Å². The van der Waals surface area contributed by atoms with E-state index in [1.54, 1.807) is 36.4 Å². The zero-order valence-corrected chi connectivity index (χ0v) is 18.4. The van der Waals surface area contributed by atoms with Crippen molar-refractivity contribution < 1.29 is 17.6 Å². The van der Waals surface area contributed by atoms with Crippen molar-refractivity contribution in [2.24, 2.45) is 5.10 Å². The molecule has 8 nitrogen and oxygen atoms in total. The summed E-state index contributed by atoms with van der Waals surface area (Å²) in [4.78, 5) is 25.1. The number of halogens is 1. The van der Waals surface area contributed by atoms with Gasteiger partial charge in [-0.15, -0.1) is 0 Å². The number of sulfonamides is 1. The number of hydrogen-bond acceptors (Lipinski definition) is 6. The molecule has 0 radical (unpaired) electrons. The molecule has 0 spiro atoms. The van der Waals surface area contributed by atoms with Crippen LogP contribution in [0.2, 0.25) is 5.02 Å². The molecule has 4 aromatic rings. The number of carbonyl (C=O) groups is 1. The first-order valence-electron chi connectivity index (χ1n) is 9.56. The van der Waals surface area contributed by atoms with Gasteiger partial charge in [0, 0.05) is 5.02 Å². The van der Waals surface area contributed by atoms with Crippen molar-refractivity contribution in [2.45, 2.75) is 4.90 Å². The second kappa shape index (κ2) is 9.27. The van der Waals surface area contributed by atoms with Crippen molar-refractivity contribution in [2.75, 3.05) is 4.72 Å². The van der Waals surface area contributed by atoms with Crippen LogP contribution in [-0.2, 0) is 10.0 Å². The van der Waals surface area contributed by atoms with Gasteiger partial charge in [0.05, 0.1) is 33.3 Å². The Labute approximate surface area is 193 Å². The molecule has 0 aliphatic heterocycles. The molecule has 4 rings (SSSR count). The topological polar surface area (TPSA) is 118 Å². The predicted molar refractivity (Wildman–Crippen MR) is 126 cm³/mol. The quantitative estimate of drug-likeness (QED) is 0.318. The summed E-state index contributed by atoms with van der Waals surface area (Å²) in [6, 6.07) is 18.4. The van der Waals surface area contributed by atoms with Crippen molar-refractivity contribution in [3.05, 3.63) is 105 Å². The average molecular weight is 482 g/mol. The van der Waals surface area contributed by atoms with E-state index in [0.717, 1.165) is 6.21 Å². The van der Waals surface area contributed by atoms with Crippen LogP contribution in [0.3, 0.4) is 0 Å². The number of rotatable bonds is 6. The minimum absolute atomic E-state index is 0.0110. The molecule has 10 heteroatoms. The van der Waals surface area contributed by atoms with Gasteiger partial charge in [0.25, 0.3) is 15.9 Å². The Morgan fingerprint density at radius 1 is 0.970 bits per heavy atom. The maximum absolute atomic E-state index is 12.7. The molecule has 0 unspecified atom stereocenters. The number of carbonyl (C=O) groups excluding carboxylic acids is 1. The third kappa shape index (κ3) is 4.94. The van der Waals surface area contributed by atoms with Crippen LogP contribution in [0.5, 0.6) is 0 Å². The Morgan fingerprint density at radius 2 is 1.67 bits per heavy atom. The molecular weight excluding hydrogens is 466 g/mol. The SMILES string of the molecule is O=C(N/N=C/c1coc2ccccc2c1=O)c1ccccc1NS(=O)(=O)c1ccc(Cl)cc1. The van der Waals surface area contributed by atoms with E-state index in [0.29, 0.717) is 16.0 Å². The number of nitrogens with zero attached hydrogens (tertiary/aromatic N) is 1. The highest BCUT2D eigenvalue weighted by atomic mass is 35.5. The normalized spacial score (nSPS) is 11.5. The van der Waals surface area contributed by atoms with Crippen LogP contribution in [-0.4, -0.2) is 20.5 Å². The lowest BCUT2D eigenvalue weighted by Gasteiger charge is -2.11. The summed E-state index contributed by atoms with van der Waals surface area (Å²) in [7, 11) is -3.96. The lowest BCUT2D eigenvalue weighted by Crippen LogP contribution is -2.22. The first-order valence-corrected chi connectivity index (χ1v) is 11.4. The summed E-state index contributed by atoms with van der Waals surface area (Å²) in [6.45, 7) is 0. The molecule has 0 aliphatic rings. The number of para-hydroxylation sites is 2. The second-order valence-electron chi connectivity index (χ2n) is 6.82. The fourth-order valence-corrected chi connectivity index (χ4v) is 4.20. The fourth-order valence-electron chi connectivity index (χ4n) is 2.99.